The van der Waals surface area contributed by atoms with Crippen molar-refractivity contribution in [1.82, 2.24) is 4.90 Å². The van der Waals surface area contributed by atoms with Gasteiger partial charge in [0.05, 0.1) is 6.61 Å². The van der Waals surface area contributed by atoms with Crippen LogP contribution in [-0.2, 0) is 9.53 Å². The third-order valence-corrected chi connectivity index (χ3v) is 2.19. The highest BCUT2D eigenvalue weighted by Crippen LogP contribution is 2.01. The molecule has 0 aromatic carbocycles. The van der Waals surface area contributed by atoms with Crippen LogP contribution in [0.1, 0.15) is 26.2 Å². The van der Waals surface area contributed by atoms with E-state index in [2.05, 4.69) is 6.92 Å². The Morgan fingerprint density at radius 1 is 1.43 bits per heavy atom. The topological polar surface area (TPSA) is 29.5 Å². The number of nitrogens with zero attached hydrogens (tertiary/aromatic N) is 1. The molecule has 14 heavy (non-hydrogen) atoms. The van der Waals surface area contributed by atoms with Gasteiger partial charge in [-0.15, -0.1) is 11.6 Å². The molecule has 0 spiro atoms. The number of alkyl halides is 1. The maximum Gasteiger partial charge on any atom is 0.222 e. The summed E-state index contributed by atoms with van der Waals surface area (Å²) in [5.41, 5.74) is 0. The maximum atomic E-state index is 11.6. The lowest BCUT2D eigenvalue weighted by atomic mass is 10.2. The summed E-state index contributed by atoms with van der Waals surface area (Å²) in [6, 6.07) is 0. The average Bonchev–Trinajstić information content (AvgIpc) is 2.20. The van der Waals surface area contributed by atoms with Gasteiger partial charge in [-0.2, -0.15) is 0 Å². The predicted octanol–water partition coefficient (Wildman–Crippen LogP) is 1.89. The van der Waals surface area contributed by atoms with Gasteiger partial charge in [0.2, 0.25) is 5.91 Å². The van der Waals surface area contributed by atoms with Crippen LogP contribution in [-0.4, -0.2) is 43.5 Å². The summed E-state index contributed by atoms with van der Waals surface area (Å²) in [5, 5.41) is 0. The fourth-order valence-electron chi connectivity index (χ4n) is 1.15. The van der Waals surface area contributed by atoms with E-state index in [-0.39, 0.29) is 5.91 Å². The second-order valence-corrected chi connectivity index (χ2v) is 3.54. The Morgan fingerprint density at radius 2 is 2.14 bits per heavy atom. The number of hydrogen-bond acceptors (Lipinski definition) is 2. The molecule has 0 saturated heterocycles. The molecule has 0 heterocycles. The molecule has 0 aliphatic carbocycles. The molecule has 0 radical (unpaired) electrons. The molecule has 1 amide bonds. The van der Waals surface area contributed by atoms with E-state index in [1.165, 1.54) is 0 Å². The van der Waals surface area contributed by atoms with Gasteiger partial charge in [-0.3, -0.25) is 4.79 Å². The van der Waals surface area contributed by atoms with Crippen molar-refractivity contribution in [2.24, 2.45) is 0 Å². The zero-order valence-electron chi connectivity index (χ0n) is 9.09. The first-order chi connectivity index (χ1) is 6.76. The van der Waals surface area contributed by atoms with Crippen molar-refractivity contribution in [3.8, 4) is 0 Å². The summed E-state index contributed by atoms with van der Waals surface area (Å²) < 4.78 is 4.94. The number of hydrogen-bond donors (Lipinski definition) is 0. The number of unbranched alkanes of at least 4 members (excludes halogenated alkanes) is 1. The number of amides is 1. The molecule has 0 rings (SSSR count). The molecule has 0 aliphatic heterocycles. The van der Waals surface area contributed by atoms with E-state index in [1.807, 2.05) is 0 Å². The van der Waals surface area contributed by atoms with Gasteiger partial charge < -0.3 is 9.64 Å². The highest BCUT2D eigenvalue weighted by Gasteiger charge is 2.11. The second-order valence-electron chi connectivity index (χ2n) is 3.17. The molecule has 4 heteroatoms. The van der Waals surface area contributed by atoms with Crippen LogP contribution in [0, 0.1) is 0 Å². The molecule has 0 unspecified atom stereocenters. The van der Waals surface area contributed by atoms with Crippen molar-refractivity contribution >= 4 is 17.5 Å². The van der Waals surface area contributed by atoms with Gasteiger partial charge in [0.25, 0.3) is 0 Å². The van der Waals surface area contributed by atoms with Crippen LogP contribution >= 0.6 is 11.6 Å². The fourth-order valence-corrected chi connectivity index (χ4v) is 1.35. The minimum atomic E-state index is 0.185. The third-order valence-electron chi connectivity index (χ3n) is 2.02. The zero-order valence-corrected chi connectivity index (χ0v) is 9.85. The predicted molar refractivity (Wildman–Crippen MR) is 58.7 cm³/mol. The Labute approximate surface area is 91.4 Å². The largest absolute Gasteiger partial charge is 0.383 e. The Balaban J connectivity index is 3.84. The summed E-state index contributed by atoms with van der Waals surface area (Å²) >= 11 is 5.62. The fraction of sp³-hybridized carbons (Fsp3) is 0.900. The van der Waals surface area contributed by atoms with E-state index >= 15 is 0 Å². The number of carbonyl (C=O) groups excluding carboxylic acids is 1. The molecule has 0 bridgehead atoms. The van der Waals surface area contributed by atoms with E-state index in [4.69, 9.17) is 16.3 Å². The van der Waals surface area contributed by atoms with Crippen molar-refractivity contribution in [3.05, 3.63) is 0 Å². The van der Waals surface area contributed by atoms with E-state index in [0.717, 1.165) is 12.8 Å². The van der Waals surface area contributed by atoms with Gasteiger partial charge in [-0.05, 0) is 6.42 Å². The highest BCUT2D eigenvalue weighted by molar-refractivity contribution is 6.18. The molecule has 0 aromatic rings. The average molecular weight is 222 g/mol. The minimum Gasteiger partial charge on any atom is -0.383 e. The van der Waals surface area contributed by atoms with Crippen molar-refractivity contribution in [1.29, 1.82) is 0 Å². The summed E-state index contributed by atoms with van der Waals surface area (Å²) in [5.74, 6) is 0.672. The van der Waals surface area contributed by atoms with Gasteiger partial charge in [0.15, 0.2) is 0 Å². The van der Waals surface area contributed by atoms with Gasteiger partial charge in [0.1, 0.15) is 0 Å². The van der Waals surface area contributed by atoms with Gasteiger partial charge in [0, 0.05) is 32.5 Å². The Kier molecular flexibility index (Phi) is 9.10. The first kappa shape index (κ1) is 13.7. The van der Waals surface area contributed by atoms with Crippen LogP contribution < -0.4 is 0 Å². The molecule has 0 aliphatic rings. The van der Waals surface area contributed by atoms with Crippen LogP contribution in [0.5, 0.6) is 0 Å². The molecule has 0 aromatic heterocycles. The normalized spacial score (nSPS) is 10.2. The molecule has 84 valence electrons. The molecule has 0 fully saturated rings. The van der Waals surface area contributed by atoms with Crippen molar-refractivity contribution < 1.29 is 9.53 Å². The van der Waals surface area contributed by atoms with Crippen LogP contribution in [0.15, 0.2) is 0 Å². The van der Waals surface area contributed by atoms with Crippen LogP contribution in [0.2, 0.25) is 0 Å². The van der Waals surface area contributed by atoms with E-state index in [0.29, 0.717) is 32.0 Å². The molecular formula is C10H20ClNO2. The van der Waals surface area contributed by atoms with Crippen LogP contribution in [0.4, 0.5) is 0 Å². The monoisotopic (exact) mass is 221 g/mol. The summed E-state index contributed by atoms with van der Waals surface area (Å²) in [7, 11) is 1.63. The first-order valence-electron chi connectivity index (χ1n) is 5.09. The minimum absolute atomic E-state index is 0.185. The standard InChI is InChI=1S/C10H20ClNO2/c1-3-4-5-10(13)12(7-6-11)8-9-14-2/h3-9H2,1-2H3. The summed E-state index contributed by atoms with van der Waals surface area (Å²) in [6.07, 6.45) is 2.62. The maximum absolute atomic E-state index is 11.6. The van der Waals surface area contributed by atoms with Crippen LogP contribution in [0.3, 0.4) is 0 Å². The Bertz CT molecular complexity index is 153. The lowest BCUT2D eigenvalue weighted by Crippen LogP contribution is -2.35. The Hall–Kier alpha value is -0.280. The number of halogens is 1. The van der Waals surface area contributed by atoms with E-state index < -0.39 is 0 Å². The molecule has 0 saturated carbocycles. The lowest BCUT2D eigenvalue weighted by Gasteiger charge is -2.21. The summed E-state index contributed by atoms with van der Waals surface area (Å²) in [6.45, 7) is 3.92. The highest BCUT2D eigenvalue weighted by atomic mass is 35.5. The summed E-state index contributed by atoms with van der Waals surface area (Å²) in [4.78, 5) is 13.4. The van der Waals surface area contributed by atoms with E-state index in [9.17, 15) is 4.79 Å². The van der Waals surface area contributed by atoms with Crippen molar-refractivity contribution in [2.45, 2.75) is 26.2 Å². The molecule has 0 atom stereocenters. The Morgan fingerprint density at radius 3 is 2.64 bits per heavy atom. The quantitative estimate of drug-likeness (QED) is 0.586. The first-order valence-corrected chi connectivity index (χ1v) is 5.62. The molecule has 0 N–H and O–H groups in total. The smallest absolute Gasteiger partial charge is 0.222 e. The zero-order chi connectivity index (χ0) is 10.8. The SMILES string of the molecule is CCCCC(=O)N(CCCl)CCOC. The van der Waals surface area contributed by atoms with Gasteiger partial charge in [-0.25, -0.2) is 0 Å². The number of rotatable bonds is 8. The van der Waals surface area contributed by atoms with Gasteiger partial charge >= 0.3 is 0 Å². The molecular weight excluding hydrogens is 202 g/mol. The van der Waals surface area contributed by atoms with Crippen molar-refractivity contribution in [2.75, 3.05) is 32.7 Å². The van der Waals surface area contributed by atoms with Crippen molar-refractivity contribution in [3.63, 3.8) is 0 Å². The number of methoxy groups -OCH3 is 1. The lowest BCUT2D eigenvalue weighted by molar-refractivity contribution is -0.131. The number of carbonyl (C=O) groups is 1. The second kappa shape index (κ2) is 9.28. The third kappa shape index (κ3) is 6.22. The van der Waals surface area contributed by atoms with E-state index in [1.54, 1.807) is 12.0 Å². The van der Waals surface area contributed by atoms with Crippen LogP contribution in [0.25, 0.3) is 0 Å². The van der Waals surface area contributed by atoms with Gasteiger partial charge in [-0.1, -0.05) is 13.3 Å². The molecule has 3 nitrogen and oxygen atoms in total. The number of ether oxygens (including phenoxy) is 1.